The molecule has 0 atom stereocenters. The molecule has 3 aromatic heterocycles. The van der Waals surface area contributed by atoms with Crippen LogP contribution in [0.15, 0.2) is 40.9 Å². The number of para-hydroxylation sites is 1. The van der Waals surface area contributed by atoms with Crippen molar-refractivity contribution in [1.82, 2.24) is 29.7 Å². The number of aryl methyl sites for hydroxylation is 2. The predicted molar refractivity (Wildman–Crippen MR) is 115 cm³/mol. The van der Waals surface area contributed by atoms with Crippen LogP contribution >= 0.6 is 15.9 Å². The Labute approximate surface area is 189 Å². The molecule has 0 aliphatic heterocycles. The Hall–Kier alpha value is -3.21. The first-order chi connectivity index (χ1) is 15.1. The number of benzene rings is 1. The Morgan fingerprint density at radius 3 is 2.47 bits per heavy atom. The number of hydrogen-bond acceptors (Lipinski definition) is 4. The van der Waals surface area contributed by atoms with Gasteiger partial charge in [0.2, 0.25) is 0 Å². The maximum Gasteiger partial charge on any atom is 0.433 e. The van der Waals surface area contributed by atoms with Crippen LogP contribution in [-0.2, 0) is 12.7 Å². The van der Waals surface area contributed by atoms with E-state index in [9.17, 15) is 18.0 Å². The minimum absolute atomic E-state index is 0.0771. The zero-order valence-corrected chi connectivity index (χ0v) is 18.9. The quantitative estimate of drug-likeness (QED) is 0.440. The number of nitrogens with one attached hydrogen (secondary N) is 1. The standard InChI is InChI=1S/C21H18BrF3N6O/c1-11-9-16(21(23,24)25)31-19(27-11)17(22)18(29-31)20(32)26-10-15-12(2)28-30(13(15)3)14-7-5-4-6-8-14/h4-9H,10H2,1-3H3,(H,26,32). The van der Waals surface area contributed by atoms with Crippen molar-refractivity contribution in [2.24, 2.45) is 0 Å². The van der Waals surface area contributed by atoms with Crippen molar-refractivity contribution in [1.29, 1.82) is 0 Å². The van der Waals surface area contributed by atoms with Gasteiger partial charge in [0.15, 0.2) is 11.3 Å². The summed E-state index contributed by atoms with van der Waals surface area (Å²) in [5.74, 6) is -0.626. The highest BCUT2D eigenvalue weighted by Gasteiger charge is 2.36. The molecule has 1 aromatic carbocycles. The monoisotopic (exact) mass is 506 g/mol. The topological polar surface area (TPSA) is 77.1 Å². The zero-order valence-electron chi connectivity index (χ0n) is 17.3. The van der Waals surface area contributed by atoms with E-state index in [4.69, 9.17) is 0 Å². The van der Waals surface area contributed by atoms with Crippen LogP contribution in [-0.4, -0.2) is 30.3 Å². The lowest BCUT2D eigenvalue weighted by atomic mass is 10.2. The van der Waals surface area contributed by atoms with Crippen LogP contribution in [0.2, 0.25) is 0 Å². The third-order valence-electron chi connectivity index (χ3n) is 5.03. The second-order valence-corrected chi connectivity index (χ2v) is 8.05. The molecule has 0 unspecified atom stereocenters. The number of hydrogen-bond donors (Lipinski definition) is 1. The lowest BCUT2D eigenvalue weighted by Crippen LogP contribution is -2.24. The second-order valence-electron chi connectivity index (χ2n) is 7.26. The van der Waals surface area contributed by atoms with Gasteiger partial charge in [0.1, 0.15) is 5.69 Å². The Kier molecular flexibility index (Phi) is 5.53. The van der Waals surface area contributed by atoms with Crippen LogP contribution in [0.4, 0.5) is 13.2 Å². The minimum atomic E-state index is -4.65. The van der Waals surface area contributed by atoms with Crippen molar-refractivity contribution >= 4 is 27.5 Å². The van der Waals surface area contributed by atoms with Crippen molar-refractivity contribution in [2.45, 2.75) is 33.5 Å². The van der Waals surface area contributed by atoms with E-state index in [0.717, 1.165) is 28.7 Å². The first-order valence-electron chi connectivity index (χ1n) is 9.59. The predicted octanol–water partition coefficient (Wildman–Crippen LogP) is 4.55. The maximum atomic E-state index is 13.4. The summed E-state index contributed by atoms with van der Waals surface area (Å²) in [6.45, 7) is 5.31. The summed E-state index contributed by atoms with van der Waals surface area (Å²) in [7, 11) is 0. The Morgan fingerprint density at radius 2 is 1.81 bits per heavy atom. The SMILES string of the molecule is Cc1cc(C(F)(F)F)n2nc(C(=O)NCc3c(C)nn(-c4ccccc4)c3C)c(Br)c2n1. The molecule has 11 heteroatoms. The van der Waals surface area contributed by atoms with Crippen LogP contribution in [0.25, 0.3) is 11.3 Å². The normalized spacial score (nSPS) is 11.8. The lowest BCUT2D eigenvalue weighted by molar-refractivity contribution is -0.142. The van der Waals surface area contributed by atoms with Crippen LogP contribution < -0.4 is 5.32 Å². The summed E-state index contributed by atoms with van der Waals surface area (Å²) in [4.78, 5) is 16.9. The van der Waals surface area contributed by atoms with E-state index in [0.29, 0.717) is 4.52 Å². The van der Waals surface area contributed by atoms with Crippen LogP contribution in [0.5, 0.6) is 0 Å². The molecule has 1 N–H and O–H groups in total. The summed E-state index contributed by atoms with van der Waals surface area (Å²) in [6, 6.07) is 10.4. The number of aromatic nitrogens is 5. The van der Waals surface area contributed by atoms with Gasteiger partial charge in [-0.05, 0) is 54.9 Å². The largest absolute Gasteiger partial charge is 0.433 e. The van der Waals surface area contributed by atoms with Crippen LogP contribution in [0, 0.1) is 20.8 Å². The molecule has 0 bridgehead atoms. The van der Waals surface area contributed by atoms with E-state index in [1.54, 1.807) is 4.68 Å². The molecule has 1 amide bonds. The fourth-order valence-corrected chi connectivity index (χ4v) is 3.98. The molecule has 0 saturated carbocycles. The van der Waals surface area contributed by atoms with E-state index in [1.165, 1.54) is 6.92 Å². The summed E-state index contributed by atoms with van der Waals surface area (Å²) < 4.78 is 42.8. The second kappa shape index (κ2) is 8.05. The third-order valence-corrected chi connectivity index (χ3v) is 5.76. The average molecular weight is 507 g/mol. The van der Waals surface area contributed by atoms with Crippen LogP contribution in [0.1, 0.15) is 38.8 Å². The molecule has 7 nitrogen and oxygen atoms in total. The van der Waals surface area contributed by atoms with Crippen molar-refractivity contribution in [2.75, 3.05) is 0 Å². The number of carbonyl (C=O) groups is 1. The van der Waals surface area contributed by atoms with Gasteiger partial charge in [-0.3, -0.25) is 4.79 Å². The zero-order chi connectivity index (χ0) is 23.2. The summed E-state index contributed by atoms with van der Waals surface area (Å²) in [5, 5.41) is 11.1. The smallest absolute Gasteiger partial charge is 0.346 e. The number of carbonyl (C=O) groups excluding carboxylic acids is 1. The molecule has 4 rings (SSSR count). The van der Waals surface area contributed by atoms with Gasteiger partial charge in [-0.25, -0.2) is 14.2 Å². The highest BCUT2D eigenvalue weighted by Crippen LogP contribution is 2.32. The fourth-order valence-electron chi connectivity index (χ4n) is 3.46. The van der Waals surface area contributed by atoms with Gasteiger partial charge in [-0.1, -0.05) is 18.2 Å². The summed E-state index contributed by atoms with van der Waals surface area (Å²) in [5.41, 5.74) is 2.18. The van der Waals surface area contributed by atoms with Gasteiger partial charge < -0.3 is 5.32 Å². The molecule has 0 spiro atoms. The van der Waals surface area contributed by atoms with E-state index < -0.39 is 17.8 Å². The van der Waals surface area contributed by atoms with E-state index >= 15 is 0 Å². The van der Waals surface area contributed by atoms with Gasteiger partial charge in [0.05, 0.1) is 15.9 Å². The minimum Gasteiger partial charge on any atom is -0.346 e. The highest BCUT2D eigenvalue weighted by atomic mass is 79.9. The molecule has 0 fully saturated rings. The number of rotatable bonds is 4. The first kappa shape index (κ1) is 22.0. The number of fused-ring (bicyclic) bond motifs is 1. The van der Waals surface area contributed by atoms with E-state index in [1.807, 2.05) is 44.2 Å². The van der Waals surface area contributed by atoms with Gasteiger partial charge in [0.25, 0.3) is 5.91 Å². The summed E-state index contributed by atoms with van der Waals surface area (Å²) in [6.07, 6.45) is -4.65. The van der Waals surface area contributed by atoms with Gasteiger partial charge in [0, 0.05) is 23.5 Å². The van der Waals surface area contributed by atoms with Gasteiger partial charge in [-0.15, -0.1) is 0 Å². The van der Waals surface area contributed by atoms with E-state index in [2.05, 4.69) is 36.4 Å². The maximum absolute atomic E-state index is 13.4. The lowest BCUT2D eigenvalue weighted by Gasteiger charge is -2.09. The van der Waals surface area contributed by atoms with Crippen molar-refractivity contribution < 1.29 is 18.0 Å². The summed E-state index contributed by atoms with van der Waals surface area (Å²) >= 11 is 3.19. The average Bonchev–Trinajstić information content (AvgIpc) is 3.22. The molecular formula is C21H18BrF3N6O. The number of nitrogens with zero attached hydrogens (tertiary/aromatic N) is 5. The molecule has 0 saturated heterocycles. The Morgan fingerprint density at radius 1 is 1.12 bits per heavy atom. The molecule has 0 aliphatic rings. The molecule has 166 valence electrons. The van der Waals surface area contributed by atoms with E-state index in [-0.39, 0.29) is 28.1 Å². The Balaban J connectivity index is 1.63. The molecular weight excluding hydrogens is 489 g/mol. The number of halogens is 4. The number of alkyl halides is 3. The molecule has 0 aliphatic carbocycles. The van der Waals surface area contributed by atoms with Crippen molar-refractivity contribution in [3.63, 3.8) is 0 Å². The fraction of sp³-hybridized carbons (Fsp3) is 0.238. The molecule has 4 aromatic rings. The van der Waals surface area contributed by atoms with Crippen LogP contribution in [0.3, 0.4) is 0 Å². The van der Waals surface area contributed by atoms with Gasteiger partial charge in [-0.2, -0.15) is 23.4 Å². The highest BCUT2D eigenvalue weighted by molar-refractivity contribution is 9.10. The van der Waals surface area contributed by atoms with Gasteiger partial charge >= 0.3 is 6.18 Å². The molecule has 32 heavy (non-hydrogen) atoms. The van der Waals surface area contributed by atoms with Crippen molar-refractivity contribution in [3.8, 4) is 5.69 Å². The number of amides is 1. The molecule has 3 heterocycles. The third kappa shape index (κ3) is 3.88. The first-order valence-corrected chi connectivity index (χ1v) is 10.4. The van der Waals surface area contributed by atoms with Crippen molar-refractivity contribution in [3.05, 3.63) is 74.9 Å². The molecule has 0 radical (unpaired) electrons. The Bertz CT molecular complexity index is 1330.